The van der Waals surface area contributed by atoms with Crippen LogP contribution in [-0.2, 0) is 4.79 Å². The van der Waals surface area contributed by atoms with E-state index in [0.29, 0.717) is 37.6 Å². The summed E-state index contributed by atoms with van der Waals surface area (Å²) in [6.45, 7) is 4.17. The molecule has 0 spiro atoms. The number of ether oxygens (including phenoxy) is 1. The number of carbonyl (C=O) groups is 2. The Balaban J connectivity index is 1.52. The number of hydrogen-bond acceptors (Lipinski definition) is 5. The van der Waals surface area contributed by atoms with E-state index in [9.17, 15) is 9.59 Å². The SMILES string of the molecule is Cc1ccc(OCC(=O)N2CCCN(C(=O)c3cnccn3)CC2)cc1. The minimum atomic E-state index is -0.150. The smallest absolute Gasteiger partial charge is 0.274 e. The fraction of sp³-hybridized carbons (Fsp3) is 0.368. The fourth-order valence-electron chi connectivity index (χ4n) is 2.81. The highest BCUT2D eigenvalue weighted by Crippen LogP contribution is 2.12. The Hall–Kier alpha value is -2.96. The van der Waals surface area contributed by atoms with Crippen LogP contribution in [0.3, 0.4) is 0 Å². The van der Waals surface area contributed by atoms with E-state index in [1.807, 2.05) is 31.2 Å². The molecule has 1 aliphatic heterocycles. The van der Waals surface area contributed by atoms with Gasteiger partial charge in [0.15, 0.2) is 6.61 Å². The summed E-state index contributed by atoms with van der Waals surface area (Å²) in [5.41, 5.74) is 1.47. The third-order valence-electron chi connectivity index (χ3n) is 4.30. The predicted molar refractivity (Wildman–Crippen MR) is 95.8 cm³/mol. The van der Waals surface area contributed by atoms with Gasteiger partial charge in [-0.25, -0.2) is 4.98 Å². The van der Waals surface area contributed by atoms with E-state index in [4.69, 9.17) is 4.74 Å². The molecule has 0 aliphatic carbocycles. The molecule has 1 fully saturated rings. The van der Waals surface area contributed by atoms with Crippen molar-refractivity contribution in [2.75, 3.05) is 32.8 Å². The van der Waals surface area contributed by atoms with Gasteiger partial charge in [0, 0.05) is 38.6 Å². The number of amides is 2. The van der Waals surface area contributed by atoms with Gasteiger partial charge in [-0.1, -0.05) is 17.7 Å². The summed E-state index contributed by atoms with van der Waals surface area (Å²) >= 11 is 0. The molecule has 2 heterocycles. The van der Waals surface area contributed by atoms with Crippen molar-refractivity contribution in [1.29, 1.82) is 0 Å². The van der Waals surface area contributed by atoms with Crippen molar-refractivity contribution in [1.82, 2.24) is 19.8 Å². The highest BCUT2D eigenvalue weighted by Gasteiger charge is 2.23. The average Bonchev–Trinajstić information content (AvgIpc) is 2.94. The lowest BCUT2D eigenvalue weighted by atomic mass is 10.2. The average molecular weight is 354 g/mol. The molecule has 7 heteroatoms. The Morgan fingerprint density at radius 2 is 1.77 bits per heavy atom. The van der Waals surface area contributed by atoms with Gasteiger partial charge < -0.3 is 14.5 Å². The van der Waals surface area contributed by atoms with Crippen LogP contribution in [0, 0.1) is 6.92 Å². The molecule has 0 unspecified atom stereocenters. The largest absolute Gasteiger partial charge is 0.484 e. The zero-order valence-corrected chi connectivity index (χ0v) is 14.8. The summed E-state index contributed by atoms with van der Waals surface area (Å²) in [6.07, 6.45) is 5.23. The molecule has 0 saturated carbocycles. The van der Waals surface area contributed by atoms with Crippen LogP contribution >= 0.6 is 0 Å². The summed E-state index contributed by atoms with van der Waals surface area (Å²) in [5.74, 6) is 0.459. The van der Waals surface area contributed by atoms with E-state index in [-0.39, 0.29) is 18.4 Å². The molecule has 0 N–H and O–H groups in total. The maximum atomic E-state index is 12.5. The molecule has 26 heavy (non-hydrogen) atoms. The summed E-state index contributed by atoms with van der Waals surface area (Å²) in [7, 11) is 0. The van der Waals surface area contributed by atoms with Crippen molar-refractivity contribution in [3.63, 3.8) is 0 Å². The van der Waals surface area contributed by atoms with Crippen molar-refractivity contribution >= 4 is 11.8 Å². The molecule has 136 valence electrons. The number of benzene rings is 1. The first-order valence-corrected chi connectivity index (χ1v) is 8.66. The number of nitrogens with zero attached hydrogens (tertiary/aromatic N) is 4. The van der Waals surface area contributed by atoms with E-state index in [2.05, 4.69) is 9.97 Å². The van der Waals surface area contributed by atoms with Gasteiger partial charge in [-0.05, 0) is 25.5 Å². The summed E-state index contributed by atoms with van der Waals surface area (Å²) < 4.78 is 5.57. The number of aryl methyl sites for hydroxylation is 1. The van der Waals surface area contributed by atoms with Crippen LogP contribution in [0.4, 0.5) is 0 Å². The normalized spacial score (nSPS) is 14.7. The molecule has 1 aliphatic rings. The zero-order chi connectivity index (χ0) is 18.4. The predicted octanol–water partition coefficient (Wildman–Crippen LogP) is 1.54. The second-order valence-corrected chi connectivity index (χ2v) is 6.22. The van der Waals surface area contributed by atoms with E-state index < -0.39 is 0 Å². The van der Waals surface area contributed by atoms with Crippen molar-refractivity contribution in [3.8, 4) is 5.75 Å². The van der Waals surface area contributed by atoms with Crippen LogP contribution in [0.25, 0.3) is 0 Å². The van der Waals surface area contributed by atoms with Crippen molar-refractivity contribution in [2.24, 2.45) is 0 Å². The topological polar surface area (TPSA) is 75.6 Å². The van der Waals surface area contributed by atoms with Crippen molar-refractivity contribution < 1.29 is 14.3 Å². The minimum Gasteiger partial charge on any atom is -0.484 e. The maximum Gasteiger partial charge on any atom is 0.274 e. The Bertz CT molecular complexity index is 749. The van der Waals surface area contributed by atoms with Crippen LogP contribution in [0.5, 0.6) is 5.75 Å². The monoisotopic (exact) mass is 354 g/mol. The van der Waals surface area contributed by atoms with Crippen molar-refractivity contribution in [2.45, 2.75) is 13.3 Å². The number of hydrogen-bond donors (Lipinski definition) is 0. The van der Waals surface area contributed by atoms with E-state index in [1.165, 1.54) is 18.6 Å². The van der Waals surface area contributed by atoms with Gasteiger partial charge in [0.2, 0.25) is 0 Å². The molecule has 0 atom stereocenters. The summed E-state index contributed by atoms with van der Waals surface area (Å²) in [6, 6.07) is 7.60. The van der Waals surface area contributed by atoms with Gasteiger partial charge in [-0.2, -0.15) is 0 Å². The standard InChI is InChI=1S/C19H22N4O3/c1-15-3-5-16(6-4-15)26-14-18(24)22-9-2-10-23(12-11-22)19(25)17-13-20-7-8-21-17/h3-8,13H,2,9-12,14H2,1H3. The van der Waals surface area contributed by atoms with Crippen LogP contribution < -0.4 is 4.74 Å². The quantitative estimate of drug-likeness (QED) is 0.832. The first kappa shape index (κ1) is 17.8. The third kappa shape index (κ3) is 4.56. The van der Waals surface area contributed by atoms with E-state index in [0.717, 1.165) is 12.0 Å². The van der Waals surface area contributed by atoms with Crippen LogP contribution in [0.2, 0.25) is 0 Å². The Kier molecular flexibility index (Phi) is 5.78. The Morgan fingerprint density at radius 1 is 1.04 bits per heavy atom. The van der Waals surface area contributed by atoms with Gasteiger partial charge >= 0.3 is 0 Å². The fourth-order valence-corrected chi connectivity index (χ4v) is 2.81. The minimum absolute atomic E-state index is 0.00116. The molecular formula is C19H22N4O3. The lowest BCUT2D eigenvalue weighted by Gasteiger charge is -2.22. The molecule has 1 aromatic heterocycles. The second-order valence-electron chi connectivity index (χ2n) is 6.22. The molecule has 0 radical (unpaired) electrons. The highest BCUT2D eigenvalue weighted by atomic mass is 16.5. The van der Waals surface area contributed by atoms with Crippen LogP contribution in [0.1, 0.15) is 22.5 Å². The number of aromatic nitrogens is 2. The molecule has 1 saturated heterocycles. The van der Waals surface area contributed by atoms with Crippen LogP contribution in [0.15, 0.2) is 42.9 Å². The summed E-state index contributed by atoms with van der Waals surface area (Å²) in [4.78, 5) is 36.3. The molecule has 2 aromatic rings. The lowest BCUT2D eigenvalue weighted by Crippen LogP contribution is -2.39. The first-order chi connectivity index (χ1) is 12.6. The van der Waals surface area contributed by atoms with Gasteiger partial charge in [0.05, 0.1) is 6.20 Å². The molecular weight excluding hydrogens is 332 g/mol. The van der Waals surface area contributed by atoms with Gasteiger partial charge in [0.1, 0.15) is 11.4 Å². The molecule has 1 aromatic carbocycles. The molecule has 2 amide bonds. The first-order valence-electron chi connectivity index (χ1n) is 8.66. The molecule has 3 rings (SSSR count). The van der Waals surface area contributed by atoms with Crippen molar-refractivity contribution in [3.05, 3.63) is 54.1 Å². The lowest BCUT2D eigenvalue weighted by molar-refractivity contribution is -0.133. The second kappa shape index (κ2) is 8.42. The van der Waals surface area contributed by atoms with E-state index in [1.54, 1.807) is 9.80 Å². The maximum absolute atomic E-state index is 12.5. The third-order valence-corrected chi connectivity index (χ3v) is 4.30. The van der Waals surface area contributed by atoms with Gasteiger partial charge in [-0.3, -0.25) is 14.6 Å². The van der Waals surface area contributed by atoms with E-state index >= 15 is 0 Å². The highest BCUT2D eigenvalue weighted by molar-refractivity contribution is 5.92. The molecule has 7 nitrogen and oxygen atoms in total. The van der Waals surface area contributed by atoms with Gasteiger partial charge in [-0.15, -0.1) is 0 Å². The summed E-state index contributed by atoms with van der Waals surface area (Å²) in [5, 5.41) is 0. The zero-order valence-electron chi connectivity index (χ0n) is 14.8. The Labute approximate surface area is 152 Å². The number of carbonyl (C=O) groups excluding carboxylic acids is 2. The van der Waals surface area contributed by atoms with Crippen LogP contribution in [-0.4, -0.2) is 64.4 Å². The number of rotatable bonds is 4. The Morgan fingerprint density at radius 3 is 2.50 bits per heavy atom. The van der Waals surface area contributed by atoms with Gasteiger partial charge in [0.25, 0.3) is 11.8 Å². The molecule has 0 bridgehead atoms.